The Morgan fingerprint density at radius 1 is 1.33 bits per heavy atom. The number of hydrogen-bond donors (Lipinski definition) is 1. The second kappa shape index (κ2) is 7.28. The van der Waals surface area contributed by atoms with Crippen molar-refractivity contribution in [1.29, 1.82) is 5.26 Å². The number of rotatable bonds is 4. The van der Waals surface area contributed by atoms with Crippen molar-refractivity contribution in [3.05, 3.63) is 30.0 Å². The van der Waals surface area contributed by atoms with Crippen LogP contribution in [-0.2, 0) is 4.74 Å². The van der Waals surface area contributed by atoms with E-state index in [1.54, 1.807) is 6.07 Å². The van der Waals surface area contributed by atoms with Crippen LogP contribution >= 0.6 is 0 Å². The van der Waals surface area contributed by atoms with Gasteiger partial charge in [-0.15, -0.1) is 0 Å². The molecule has 5 nitrogen and oxygen atoms in total. The standard InChI is InChI=1S/C20H21F2N3O2/c21-19(22)27-15-3-4-17-16(9-15)18(13(11-23)12-24-17)25-14-5-8-26-20(10-14)6-1-2-7-20/h3-4,9,12,14,19H,1-2,5-8,10H2,(H,24,25). The maximum absolute atomic E-state index is 12.6. The molecule has 0 radical (unpaired) electrons. The molecule has 27 heavy (non-hydrogen) atoms. The largest absolute Gasteiger partial charge is 0.435 e. The first-order chi connectivity index (χ1) is 13.1. The van der Waals surface area contributed by atoms with Crippen LogP contribution in [0.15, 0.2) is 24.4 Å². The summed E-state index contributed by atoms with van der Waals surface area (Å²) >= 11 is 0. The minimum atomic E-state index is -2.90. The molecule has 1 unspecified atom stereocenters. The predicted octanol–water partition coefficient (Wildman–Crippen LogP) is 4.61. The van der Waals surface area contributed by atoms with Crippen LogP contribution in [0.5, 0.6) is 5.75 Å². The lowest BCUT2D eigenvalue weighted by atomic mass is 9.88. The van der Waals surface area contributed by atoms with Gasteiger partial charge in [-0.25, -0.2) is 0 Å². The van der Waals surface area contributed by atoms with Gasteiger partial charge in [0.15, 0.2) is 0 Å². The smallest absolute Gasteiger partial charge is 0.387 e. The van der Waals surface area contributed by atoms with Gasteiger partial charge in [0.2, 0.25) is 0 Å². The van der Waals surface area contributed by atoms with E-state index in [4.69, 9.17) is 4.74 Å². The lowest BCUT2D eigenvalue weighted by Gasteiger charge is -2.39. The molecule has 1 aliphatic heterocycles. The van der Waals surface area contributed by atoms with Gasteiger partial charge >= 0.3 is 6.61 Å². The second-order valence-electron chi connectivity index (χ2n) is 7.29. The van der Waals surface area contributed by atoms with Gasteiger partial charge in [0.05, 0.1) is 22.4 Å². The van der Waals surface area contributed by atoms with Gasteiger partial charge in [-0.2, -0.15) is 14.0 Å². The van der Waals surface area contributed by atoms with E-state index in [-0.39, 0.29) is 17.4 Å². The minimum absolute atomic E-state index is 0.0525. The first-order valence-corrected chi connectivity index (χ1v) is 9.27. The zero-order chi connectivity index (χ0) is 18.9. The topological polar surface area (TPSA) is 67.2 Å². The first-order valence-electron chi connectivity index (χ1n) is 9.27. The normalized spacial score (nSPS) is 21.5. The van der Waals surface area contributed by atoms with Crippen LogP contribution in [0.3, 0.4) is 0 Å². The highest BCUT2D eigenvalue weighted by Crippen LogP contribution is 2.41. The highest BCUT2D eigenvalue weighted by atomic mass is 19.3. The molecular weight excluding hydrogens is 352 g/mol. The number of alkyl halides is 2. The molecule has 1 saturated carbocycles. The molecule has 1 N–H and O–H groups in total. The number of hydrogen-bond acceptors (Lipinski definition) is 5. The minimum Gasteiger partial charge on any atom is -0.435 e. The summed E-state index contributed by atoms with van der Waals surface area (Å²) in [6, 6.07) is 6.92. The van der Waals surface area contributed by atoms with Crippen LogP contribution in [0.25, 0.3) is 10.9 Å². The van der Waals surface area contributed by atoms with Gasteiger partial charge in [0, 0.05) is 24.2 Å². The van der Waals surface area contributed by atoms with E-state index < -0.39 is 6.61 Å². The zero-order valence-electron chi connectivity index (χ0n) is 14.9. The van der Waals surface area contributed by atoms with E-state index in [2.05, 4.69) is 21.1 Å². The monoisotopic (exact) mass is 373 g/mol. The number of aromatic nitrogens is 1. The van der Waals surface area contributed by atoms with E-state index in [0.717, 1.165) is 25.7 Å². The number of benzene rings is 1. The van der Waals surface area contributed by atoms with Crippen molar-refractivity contribution in [3.8, 4) is 11.8 Å². The van der Waals surface area contributed by atoms with Gasteiger partial charge in [0.25, 0.3) is 0 Å². The van der Waals surface area contributed by atoms with Crippen molar-refractivity contribution < 1.29 is 18.3 Å². The number of anilines is 1. The van der Waals surface area contributed by atoms with Crippen LogP contribution in [0, 0.1) is 11.3 Å². The molecule has 2 heterocycles. The maximum atomic E-state index is 12.6. The number of fused-ring (bicyclic) bond motifs is 1. The Hall–Kier alpha value is -2.46. The third kappa shape index (κ3) is 3.67. The van der Waals surface area contributed by atoms with Crippen molar-refractivity contribution in [1.82, 2.24) is 4.98 Å². The summed E-state index contributed by atoms with van der Waals surface area (Å²) in [5.74, 6) is 0.0525. The fourth-order valence-electron chi connectivity index (χ4n) is 4.31. The van der Waals surface area contributed by atoms with Crippen LogP contribution in [0.1, 0.15) is 44.1 Å². The van der Waals surface area contributed by atoms with Crippen molar-refractivity contribution in [2.75, 3.05) is 11.9 Å². The van der Waals surface area contributed by atoms with Gasteiger partial charge in [-0.3, -0.25) is 4.98 Å². The van der Waals surface area contributed by atoms with Gasteiger partial charge in [-0.05, 0) is 43.9 Å². The molecule has 2 aromatic rings. The highest BCUT2D eigenvalue weighted by Gasteiger charge is 2.40. The van der Waals surface area contributed by atoms with Crippen LogP contribution in [-0.4, -0.2) is 29.8 Å². The molecule has 1 aliphatic carbocycles. The quantitative estimate of drug-likeness (QED) is 0.848. The summed E-state index contributed by atoms with van der Waals surface area (Å²) in [6.45, 7) is -2.22. The predicted molar refractivity (Wildman–Crippen MR) is 96.9 cm³/mol. The second-order valence-corrected chi connectivity index (χ2v) is 7.29. The summed E-state index contributed by atoms with van der Waals surface area (Å²) in [5, 5.41) is 13.6. The molecule has 1 spiro atoms. The number of nitriles is 1. The Kier molecular flexibility index (Phi) is 4.83. The van der Waals surface area contributed by atoms with E-state index in [9.17, 15) is 14.0 Å². The molecule has 4 rings (SSSR count). The van der Waals surface area contributed by atoms with Crippen LogP contribution in [0.2, 0.25) is 0 Å². The molecule has 2 fully saturated rings. The third-order valence-corrected chi connectivity index (χ3v) is 5.54. The summed E-state index contributed by atoms with van der Waals surface area (Å²) in [5.41, 5.74) is 1.59. The van der Waals surface area contributed by atoms with E-state index in [1.807, 2.05) is 0 Å². The van der Waals surface area contributed by atoms with Crippen molar-refractivity contribution >= 4 is 16.6 Å². The van der Waals surface area contributed by atoms with E-state index in [0.29, 0.717) is 28.8 Å². The molecule has 142 valence electrons. The summed E-state index contributed by atoms with van der Waals surface area (Å²) < 4.78 is 35.8. The lowest BCUT2D eigenvalue weighted by Crippen LogP contribution is -2.42. The SMILES string of the molecule is N#Cc1cnc2ccc(OC(F)F)cc2c1NC1CCOC2(CCCC2)C1. The van der Waals surface area contributed by atoms with E-state index >= 15 is 0 Å². The van der Waals surface area contributed by atoms with Crippen molar-refractivity contribution in [2.45, 2.75) is 56.8 Å². The summed E-state index contributed by atoms with van der Waals surface area (Å²) in [7, 11) is 0. The lowest BCUT2D eigenvalue weighted by molar-refractivity contribution is -0.0767. The number of nitrogens with one attached hydrogen (secondary N) is 1. The maximum Gasteiger partial charge on any atom is 0.387 e. The average Bonchev–Trinajstić information content (AvgIpc) is 3.09. The Balaban J connectivity index is 1.67. The fraction of sp³-hybridized carbons (Fsp3) is 0.500. The number of ether oxygens (including phenoxy) is 2. The molecule has 7 heteroatoms. The molecule has 2 aliphatic rings. The molecule has 1 aromatic carbocycles. The number of pyridine rings is 1. The van der Waals surface area contributed by atoms with Crippen molar-refractivity contribution in [3.63, 3.8) is 0 Å². The molecule has 1 aromatic heterocycles. The number of halogens is 2. The molecule has 0 amide bonds. The molecule has 1 atom stereocenters. The summed E-state index contributed by atoms with van der Waals surface area (Å²) in [6.07, 6.45) is 7.74. The van der Waals surface area contributed by atoms with Gasteiger partial charge < -0.3 is 14.8 Å². The van der Waals surface area contributed by atoms with E-state index in [1.165, 1.54) is 31.2 Å². The zero-order valence-corrected chi connectivity index (χ0v) is 14.9. The number of nitrogens with zero attached hydrogens (tertiary/aromatic N) is 2. The summed E-state index contributed by atoms with van der Waals surface area (Å²) in [4.78, 5) is 4.27. The Morgan fingerprint density at radius 3 is 2.89 bits per heavy atom. The molecular formula is C20H21F2N3O2. The third-order valence-electron chi connectivity index (χ3n) is 5.54. The Bertz CT molecular complexity index is 875. The molecule has 0 bridgehead atoms. The highest BCUT2D eigenvalue weighted by molar-refractivity contribution is 5.95. The molecule has 1 saturated heterocycles. The average molecular weight is 373 g/mol. The van der Waals surface area contributed by atoms with Gasteiger partial charge in [-0.1, -0.05) is 12.8 Å². The van der Waals surface area contributed by atoms with Crippen LogP contribution in [0.4, 0.5) is 14.5 Å². The Morgan fingerprint density at radius 2 is 2.15 bits per heavy atom. The Labute approximate surface area is 156 Å². The van der Waals surface area contributed by atoms with Gasteiger partial charge in [0.1, 0.15) is 11.8 Å². The first kappa shape index (κ1) is 17.9. The fourth-order valence-corrected chi connectivity index (χ4v) is 4.31. The van der Waals surface area contributed by atoms with Crippen LogP contribution < -0.4 is 10.1 Å². The van der Waals surface area contributed by atoms with Crippen molar-refractivity contribution in [2.24, 2.45) is 0 Å².